The first kappa shape index (κ1) is 17.9. The molecule has 1 amide bonds. The van der Waals surface area contributed by atoms with Gasteiger partial charge < -0.3 is 10.5 Å². The Morgan fingerprint density at radius 1 is 1.15 bits per heavy atom. The summed E-state index contributed by atoms with van der Waals surface area (Å²) in [5.74, 6) is -0.661. The number of nitrogens with one attached hydrogen (secondary N) is 1. The molecule has 8 heteroatoms. The number of primary amides is 1. The number of amides is 1. The second-order valence-corrected chi connectivity index (χ2v) is 7.05. The lowest BCUT2D eigenvalue weighted by molar-refractivity contribution is -0.116. The molecule has 0 saturated carbocycles. The number of thiol groups is 1. The number of fused-ring (bicyclic) bond motifs is 1. The third-order valence-electron chi connectivity index (χ3n) is 4.07. The zero-order valence-electron chi connectivity index (χ0n) is 14.1. The summed E-state index contributed by atoms with van der Waals surface area (Å²) in [6.45, 7) is 3.38. The van der Waals surface area contributed by atoms with Gasteiger partial charge in [-0.15, -0.1) is 0 Å². The maximum Gasteiger partial charge on any atom is 0.249 e. The lowest BCUT2D eigenvalue weighted by atomic mass is 9.82. The predicted molar refractivity (Wildman–Crippen MR) is 96.7 cm³/mol. The Labute approximate surface area is 151 Å². The number of halogens is 1. The molecule has 0 aliphatic carbocycles. The molecular weight excluding hydrogens is 359 g/mol. The van der Waals surface area contributed by atoms with Crippen molar-refractivity contribution in [3.8, 4) is 5.75 Å². The van der Waals surface area contributed by atoms with Crippen LogP contribution >= 0.6 is 0 Å². The van der Waals surface area contributed by atoms with E-state index < -0.39 is 28.2 Å². The van der Waals surface area contributed by atoms with Gasteiger partial charge >= 0.3 is 0 Å². The monoisotopic (exact) mass is 376 g/mol. The standard InChI is InChI=1S/C18H17FN2O4S/c1-18(2)16(17(20)22)15(10-3-5-11(19)6-4-10)13-8-7-12(21-26(23)24)9-14(13)25-18/h3-9,26H,1-2H3,(H2,20,22)(H,21,23,24). The van der Waals surface area contributed by atoms with Gasteiger partial charge in [0.15, 0.2) is 0 Å². The quantitative estimate of drug-likeness (QED) is 0.713. The maximum atomic E-state index is 13.3. The van der Waals surface area contributed by atoms with Crippen LogP contribution in [0.5, 0.6) is 5.75 Å². The normalized spacial score (nSPS) is 15.4. The molecule has 1 aliphatic heterocycles. The van der Waals surface area contributed by atoms with Gasteiger partial charge in [0.2, 0.25) is 16.8 Å². The molecule has 6 nitrogen and oxygen atoms in total. The van der Waals surface area contributed by atoms with E-state index in [0.29, 0.717) is 28.1 Å². The minimum atomic E-state index is -2.82. The number of hydrogen-bond acceptors (Lipinski definition) is 4. The average molecular weight is 376 g/mol. The van der Waals surface area contributed by atoms with Crippen molar-refractivity contribution in [1.29, 1.82) is 0 Å². The molecule has 2 aromatic rings. The van der Waals surface area contributed by atoms with E-state index in [1.165, 1.54) is 18.2 Å². The first-order valence-electron chi connectivity index (χ1n) is 7.74. The third-order valence-corrected chi connectivity index (χ3v) is 4.51. The van der Waals surface area contributed by atoms with Gasteiger partial charge in [0.05, 0.1) is 11.3 Å². The maximum absolute atomic E-state index is 13.3. The number of carbonyl (C=O) groups is 1. The minimum Gasteiger partial charge on any atom is -0.482 e. The Bertz CT molecular complexity index is 987. The lowest BCUT2D eigenvalue weighted by Crippen LogP contribution is -2.41. The van der Waals surface area contributed by atoms with Crippen molar-refractivity contribution in [3.05, 3.63) is 65.0 Å². The number of ether oxygens (including phenoxy) is 1. The van der Waals surface area contributed by atoms with E-state index in [-0.39, 0.29) is 5.57 Å². The third kappa shape index (κ3) is 3.28. The molecule has 3 N–H and O–H groups in total. The van der Waals surface area contributed by atoms with E-state index in [1.807, 2.05) is 0 Å². The van der Waals surface area contributed by atoms with Gasteiger partial charge in [-0.2, -0.15) is 0 Å². The number of rotatable bonds is 4. The molecule has 0 unspecified atom stereocenters. The molecule has 1 heterocycles. The van der Waals surface area contributed by atoms with Gasteiger partial charge in [-0.05, 0) is 43.7 Å². The van der Waals surface area contributed by atoms with Crippen LogP contribution < -0.4 is 15.2 Å². The molecule has 0 bridgehead atoms. The Morgan fingerprint density at radius 2 is 1.81 bits per heavy atom. The van der Waals surface area contributed by atoms with Crippen molar-refractivity contribution in [2.24, 2.45) is 5.73 Å². The van der Waals surface area contributed by atoms with E-state index in [1.54, 1.807) is 38.1 Å². The van der Waals surface area contributed by atoms with Crippen LogP contribution in [0.3, 0.4) is 0 Å². The topological polar surface area (TPSA) is 98.5 Å². The van der Waals surface area contributed by atoms with Crippen molar-refractivity contribution < 1.29 is 22.3 Å². The molecule has 26 heavy (non-hydrogen) atoms. The van der Waals surface area contributed by atoms with Gasteiger partial charge in [0, 0.05) is 17.2 Å². The molecule has 3 rings (SSSR count). The highest BCUT2D eigenvalue weighted by Crippen LogP contribution is 2.44. The fourth-order valence-electron chi connectivity index (χ4n) is 3.09. The van der Waals surface area contributed by atoms with Crippen molar-refractivity contribution in [2.75, 3.05) is 4.72 Å². The van der Waals surface area contributed by atoms with E-state index in [0.717, 1.165) is 0 Å². The van der Waals surface area contributed by atoms with Crippen LogP contribution in [0.4, 0.5) is 10.1 Å². The Hall–Kier alpha value is -2.87. The largest absolute Gasteiger partial charge is 0.482 e. The highest BCUT2D eigenvalue weighted by atomic mass is 32.2. The summed E-state index contributed by atoms with van der Waals surface area (Å²) in [4.78, 5) is 12.2. The zero-order chi connectivity index (χ0) is 19.1. The Morgan fingerprint density at radius 3 is 2.38 bits per heavy atom. The number of benzene rings is 2. The second-order valence-electron chi connectivity index (χ2n) is 6.31. The summed E-state index contributed by atoms with van der Waals surface area (Å²) >= 11 is 0. The molecule has 2 aromatic carbocycles. The second kappa shape index (κ2) is 6.45. The van der Waals surface area contributed by atoms with Gasteiger partial charge in [0.25, 0.3) is 0 Å². The van der Waals surface area contributed by atoms with E-state index in [2.05, 4.69) is 4.72 Å². The molecule has 0 aromatic heterocycles. The van der Waals surface area contributed by atoms with Crippen molar-refractivity contribution in [2.45, 2.75) is 19.4 Å². The van der Waals surface area contributed by atoms with Gasteiger partial charge in [-0.1, -0.05) is 12.1 Å². The number of anilines is 1. The van der Waals surface area contributed by atoms with Gasteiger partial charge in [-0.3, -0.25) is 9.52 Å². The summed E-state index contributed by atoms with van der Waals surface area (Å²) in [5, 5.41) is 0. The van der Waals surface area contributed by atoms with E-state index in [9.17, 15) is 17.6 Å². The first-order valence-corrected chi connectivity index (χ1v) is 8.92. The molecule has 0 fully saturated rings. The summed E-state index contributed by atoms with van der Waals surface area (Å²) in [6.07, 6.45) is 0. The zero-order valence-corrected chi connectivity index (χ0v) is 15.0. The Kier molecular flexibility index (Phi) is 4.45. The minimum absolute atomic E-state index is 0.257. The van der Waals surface area contributed by atoms with Crippen LogP contribution in [0.1, 0.15) is 25.0 Å². The van der Waals surface area contributed by atoms with Crippen LogP contribution in [-0.4, -0.2) is 19.9 Å². The molecule has 0 radical (unpaired) electrons. The number of hydrogen-bond donors (Lipinski definition) is 3. The molecule has 136 valence electrons. The number of nitrogens with two attached hydrogens (primary N) is 1. The summed E-state index contributed by atoms with van der Waals surface area (Å²) in [5.41, 5.74) is 6.84. The van der Waals surface area contributed by atoms with Crippen LogP contribution in [0.25, 0.3) is 5.57 Å². The van der Waals surface area contributed by atoms with Crippen LogP contribution in [-0.2, 0) is 15.7 Å². The number of carbonyl (C=O) groups excluding carboxylic acids is 1. The molecule has 0 saturated heterocycles. The van der Waals surface area contributed by atoms with Crippen molar-refractivity contribution in [1.82, 2.24) is 0 Å². The summed E-state index contributed by atoms with van der Waals surface area (Å²) in [7, 11) is -2.82. The first-order chi connectivity index (χ1) is 12.2. The summed E-state index contributed by atoms with van der Waals surface area (Å²) in [6, 6.07) is 10.4. The molecular formula is C18H17FN2O4S. The van der Waals surface area contributed by atoms with Gasteiger partial charge in [0.1, 0.15) is 17.2 Å². The van der Waals surface area contributed by atoms with Crippen LogP contribution in [0, 0.1) is 5.82 Å². The van der Waals surface area contributed by atoms with Crippen molar-refractivity contribution in [3.63, 3.8) is 0 Å². The average Bonchev–Trinajstić information content (AvgIpc) is 2.52. The van der Waals surface area contributed by atoms with Crippen LogP contribution in [0.15, 0.2) is 48.0 Å². The van der Waals surface area contributed by atoms with E-state index >= 15 is 0 Å². The Balaban J connectivity index is 2.28. The fourth-order valence-corrected chi connectivity index (χ4v) is 3.44. The van der Waals surface area contributed by atoms with Gasteiger partial charge in [-0.25, -0.2) is 12.8 Å². The van der Waals surface area contributed by atoms with E-state index in [4.69, 9.17) is 10.5 Å². The SMILES string of the molecule is CC1(C)Oc2cc(N[SH](=O)=O)ccc2C(c2ccc(F)cc2)=C1C(N)=O. The van der Waals surface area contributed by atoms with Crippen LogP contribution in [0.2, 0.25) is 0 Å². The fraction of sp³-hybridized carbons (Fsp3) is 0.167. The predicted octanol–water partition coefficient (Wildman–Crippen LogP) is 2.22. The molecule has 0 atom stereocenters. The highest BCUT2D eigenvalue weighted by Gasteiger charge is 2.38. The molecule has 0 spiro atoms. The summed E-state index contributed by atoms with van der Waals surface area (Å²) < 4.78 is 43.4. The van der Waals surface area contributed by atoms with Crippen molar-refractivity contribution >= 4 is 28.1 Å². The molecule has 1 aliphatic rings. The lowest BCUT2D eigenvalue weighted by Gasteiger charge is -2.36. The highest BCUT2D eigenvalue weighted by molar-refractivity contribution is 7.73. The smallest absolute Gasteiger partial charge is 0.249 e.